The van der Waals surface area contributed by atoms with Crippen molar-refractivity contribution in [2.24, 2.45) is 7.05 Å². The number of benzene rings is 1. The maximum absolute atomic E-state index is 12.3. The van der Waals surface area contributed by atoms with E-state index in [9.17, 15) is 4.79 Å². The molecule has 0 aliphatic carbocycles. The van der Waals surface area contributed by atoms with E-state index in [1.54, 1.807) is 36.1 Å². The first-order chi connectivity index (χ1) is 10.1. The van der Waals surface area contributed by atoms with Crippen LogP contribution in [0, 0.1) is 0 Å². The summed E-state index contributed by atoms with van der Waals surface area (Å²) < 4.78 is 13.1. The molecule has 3 rings (SSSR count). The van der Waals surface area contributed by atoms with Gasteiger partial charge < -0.3 is 14.4 Å². The largest absolute Gasteiger partial charge is 0.486 e. The molecule has 1 amide bonds. The number of rotatable bonds is 3. The predicted octanol–water partition coefficient (Wildman–Crippen LogP) is 1.33. The number of likely N-dealkylation sites (N-methyl/N-ethyl adjacent to an activating group) is 1. The molecule has 0 saturated heterocycles. The van der Waals surface area contributed by atoms with Gasteiger partial charge in [0.2, 0.25) is 0 Å². The second-order valence-electron chi connectivity index (χ2n) is 5.09. The fraction of sp³-hybridized carbons (Fsp3) is 0.333. The number of hydrogen-bond acceptors (Lipinski definition) is 4. The summed E-state index contributed by atoms with van der Waals surface area (Å²) in [6, 6.07) is 7.54. The zero-order chi connectivity index (χ0) is 14.8. The standard InChI is InChI=1S/C15H17N3O3/c1-17(15(19)11-7-16-18(2)8-11)9-12-10-20-13-5-3-4-6-14(13)21-12/h3-8,12H,9-10H2,1-2H3/t12-/m0/s1. The molecule has 1 atom stereocenters. The molecule has 6 heteroatoms. The lowest BCUT2D eigenvalue weighted by Crippen LogP contribution is -2.41. The van der Waals surface area contributed by atoms with Gasteiger partial charge in [-0.2, -0.15) is 5.10 Å². The van der Waals surface area contributed by atoms with Crippen LogP contribution in [0.5, 0.6) is 11.5 Å². The van der Waals surface area contributed by atoms with Crippen molar-refractivity contribution in [1.29, 1.82) is 0 Å². The topological polar surface area (TPSA) is 56.6 Å². The summed E-state index contributed by atoms with van der Waals surface area (Å²) in [7, 11) is 3.53. The van der Waals surface area contributed by atoms with Crippen molar-refractivity contribution in [3.8, 4) is 11.5 Å². The van der Waals surface area contributed by atoms with Crippen molar-refractivity contribution in [3.05, 3.63) is 42.2 Å². The van der Waals surface area contributed by atoms with Crippen molar-refractivity contribution in [3.63, 3.8) is 0 Å². The van der Waals surface area contributed by atoms with E-state index in [-0.39, 0.29) is 12.0 Å². The molecule has 0 spiro atoms. The fourth-order valence-electron chi connectivity index (χ4n) is 2.29. The Morgan fingerprint density at radius 2 is 2.19 bits per heavy atom. The lowest BCUT2D eigenvalue weighted by molar-refractivity contribution is 0.0521. The van der Waals surface area contributed by atoms with Crippen LogP contribution in [-0.4, -0.2) is 46.9 Å². The molecule has 0 N–H and O–H groups in total. The molecule has 0 fully saturated rings. The number of aryl methyl sites for hydroxylation is 1. The number of fused-ring (bicyclic) bond motifs is 1. The normalized spacial score (nSPS) is 16.6. The minimum atomic E-state index is -0.175. The van der Waals surface area contributed by atoms with Crippen LogP contribution in [0.4, 0.5) is 0 Å². The third-order valence-electron chi connectivity index (χ3n) is 3.34. The molecule has 21 heavy (non-hydrogen) atoms. The van der Waals surface area contributed by atoms with E-state index in [0.29, 0.717) is 18.7 Å². The molecule has 0 bridgehead atoms. The van der Waals surface area contributed by atoms with E-state index in [4.69, 9.17) is 9.47 Å². The quantitative estimate of drug-likeness (QED) is 0.854. The van der Waals surface area contributed by atoms with Gasteiger partial charge in [-0.3, -0.25) is 9.48 Å². The SMILES string of the molecule is CN(C[C@H]1COc2ccccc2O1)C(=O)c1cnn(C)c1. The van der Waals surface area contributed by atoms with E-state index >= 15 is 0 Å². The minimum absolute atomic E-state index is 0.0782. The second-order valence-corrected chi connectivity index (χ2v) is 5.09. The average molecular weight is 287 g/mol. The number of ether oxygens (including phenoxy) is 2. The molecule has 2 aromatic rings. The lowest BCUT2D eigenvalue weighted by atomic mass is 10.2. The molecule has 2 heterocycles. The van der Waals surface area contributed by atoms with Crippen LogP contribution in [0.2, 0.25) is 0 Å². The summed E-state index contributed by atoms with van der Waals surface area (Å²) in [5, 5.41) is 4.01. The van der Waals surface area contributed by atoms with Gasteiger partial charge in [-0.15, -0.1) is 0 Å². The number of amides is 1. The number of para-hydroxylation sites is 2. The summed E-state index contributed by atoms with van der Waals surface area (Å²) in [4.78, 5) is 13.9. The summed E-state index contributed by atoms with van der Waals surface area (Å²) in [5.74, 6) is 1.39. The summed E-state index contributed by atoms with van der Waals surface area (Å²) in [6.45, 7) is 0.893. The van der Waals surface area contributed by atoms with Gasteiger partial charge in [0.1, 0.15) is 6.61 Å². The molecular formula is C15H17N3O3. The molecule has 6 nitrogen and oxygen atoms in total. The molecule has 110 valence electrons. The molecule has 0 radical (unpaired) electrons. The van der Waals surface area contributed by atoms with Gasteiger partial charge in [-0.05, 0) is 12.1 Å². The second kappa shape index (κ2) is 5.47. The van der Waals surface area contributed by atoms with E-state index in [2.05, 4.69) is 5.10 Å². The van der Waals surface area contributed by atoms with Crippen LogP contribution in [0.1, 0.15) is 10.4 Å². The van der Waals surface area contributed by atoms with E-state index in [1.807, 2.05) is 24.3 Å². The Hall–Kier alpha value is -2.50. The van der Waals surface area contributed by atoms with Crippen molar-refractivity contribution in [2.75, 3.05) is 20.2 Å². The van der Waals surface area contributed by atoms with Crippen molar-refractivity contribution in [1.82, 2.24) is 14.7 Å². The molecule has 0 unspecified atom stereocenters. The Kier molecular flexibility index (Phi) is 3.51. The highest BCUT2D eigenvalue weighted by molar-refractivity contribution is 5.93. The Morgan fingerprint density at radius 1 is 1.43 bits per heavy atom. The molecule has 1 aliphatic heterocycles. The van der Waals surface area contributed by atoms with E-state index in [1.165, 1.54) is 0 Å². The lowest BCUT2D eigenvalue weighted by Gasteiger charge is -2.29. The smallest absolute Gasteiger partial charge is 0.256 e. The van der Waals surface area contributed by atoms with Crippen LogP contribution in [0.3, 0.4) is 0 Å². The predicted molar refractivity (Wildman–Crippen MR) is 76.5 cm³/mol. The van der Waals surface area contributed by atoms with Crippen LogP contribution < -0.4 is 9.47 Å². The summed E-state index contributed by atoms with van der Waals surface area (Å²) >= 11 is 0. The highest BCUT2D eigenvalue weighted by Gasteiger charge is 2.24. The van der Waals surface area contributed by atoms with Crippen LogP contribution in [-0.2, 0) is 7.05 Å². The van der Waals surface area contributed by atoms with Crippen LogP contribution in [0.15, 0.2) is 36.7 Å². The first kappa shape index (κ1) is 13.5. The molecular weight excluding hydrogens is 270 g/mol. The first-order valence-electron chi connectivity index (χ1n) is 6.76. The minimum Gasteiger partial charge on any atom is -0.486 e. The van der Waals surface area contributed by atoms with Crippen LogP contribution in [0.25, 0.3) is 0 Å². The Labute approximate surface area is 122 Å². The van der Waals surface area contributed by atoms with Gasteiger partial charge in [0, 0.05) is 20.3 Å². The zero-order valence-electron chi connectivity index (χ0n) is 12.0. The number of hydrogen-bond donors (Lipinski definition) is 0. The monoisotopic (exact) mass is 287 g/mol. The van der Waals surface area contributed by atoms with E-state index < -0.39 is 0 Å². The van der Waals surface area contributed by atoms with Gasteiger partial charge in [-0.1, -0.05) is 12.1 Å². The van der Waals surface area contributed by atoms with Gasteiger partial charge in [0.25, 0.3) is 5.91 Å². The van der Waals surface area contributed by atoms with Gasteiger partial charge in [0.05, 0.1) is 18.3 Å². The third kappa shape index (κ3) is 2.84. The van der Waals surface area contributed by atoms with Gasteiger partial charge in [0.15, 0.2) is 17.6 Å². The number of aromatic nitrogens is 2. The molecule has 0 saturated carbocycles. The van der Waals surface area contributed by atoms with E-state index in [0.717, 1.165) is 11.5 Å². The van der Waals surface area contributed by atoms with Crippen molar-refractivity contribution >= 4 is 5.91 Å². The molecule has 1 aromatic carbocycles. The van der Waals surface area contributed by atoms with Crippen molar-refractivity contribution < 1.29 is 14.3 Å². The highest BCUT2D eigenvalue weighted by atomic mass is 16.6. The Balaban J connectivity index is 1.63. The molecule has 1 aromatic heterocycles. The van der Waals surface area contributed by atoms with Gasteiger partial charge in [-0.25, -0.2) is 0 Å². The highest BCUT2D eigenvalue weighted by Crippen LogP contribution is 2.30. The third-order valence-corrected chi connectivity index (χ3v) is 3.34. The van der Waals surface area contributed by atoms with Crippen LogP contribution >= 0.6 is 0 Å². The molecule has 1 aliphatic rings. The number of carbonyl (C=O) groups excluding carboxylic acids is 1. The maximum atomic E-state index is 12.3. The Bertz CT molecular complexity index is 653. The maximum Gasteiger partial charge on any atom is 0.256 e. The zero-order valence-corrected chi connectivity index (χ0v) is 12.0. The fourth-order valence-corrected chi connectivity index (χ4v) is 2.29. The summed E-state index contributed by atoms with van der Waals surface area (Å²) in [5.41, 5.74) is 0.567. The van der Waals surface area contributed by atoms with Crippen molar-refractivity contribution in [2.45, 2.75) is 6.10 Å². The summed E-state index contributed by atoms with van der Waals surface area (Å²) in [6.07, 6.45) is 3.09. The van der Waals surface area contributed by atoms with Gasteiger partial charge >= 0.3 is 0 Å². The first-order valence-corrected chi connectivity index (χ1v) is 6.76. The number of carbonyl (C=O) groups is 1. The number of nitrogens with zero attached hydrogens (tertiary/aromatic N) is 3. The Morgan fingerprint density at radius 3 is 2.90 bits per heavy atom. The average Bonchev–Trinajstić information content (AvgIpc) is 2.93.